The van der Waals surface area contributed by atoms with Gasteiger partial charge in [-0.15, -0.1) is 0 Å². The van der Waals surface area contributed by atoms with Gasteiger partial charge in [0.1, 0.15) is 0 Å². The summed E-state index contributed by atoms with van der Waals surface area (Å²) in [6.07, 6.45) is 0.304. The minimum absolute atomic E-state index is 0.100. The summed E-state index contributed by atoms with van der Waals surface area (Å²) >= 11 is 1.54. The summed E-state index contributed by atoms with van der Waals surface area (Å²) in [5.74, 6) is -0.192. The van der Waals surface area contributed by atoms with Gasteiger partial charge in [-0.3, -0.25) is 9.52 Å². The number of hydrogen-bond donors (Lipinski definition) is 1. The third-order valence-corrected chi connectivity index (χ3v) is 4.81. The molecule has 0 aliphatic heterocycles. The number of benzene rings is 3. The van der Waals surface area contributed by atoms with Gasteiger partial charge in [0.2, 0.25) is 0 Å². The van der Waals surface area contributed by atoms with Gasteiger partial charge in [0.25, 0.3) is 0 Å². The van der Waals surface area contributed by atoms with Crippen molar-refractivity contribution in [1.29, 1.82) is 0 Å². The molecule has 3 rings (SSSR count). The van der Waals surface area contributed by atoms with Crippen molar-refractivity contribution < 1.29 is 9.53 Å². The molecule has 1 unspecified atom stereocenters. The van der Waals surface area contributed by atoms with Crippen LogP contribution < -0.4 is 4.72 Å². The Morgan fingerprint density at radius 1 is 1.00 bits per heavy atom. The Morgan fingerprint density at radius 2 is 1.72 bits per heavy atom. The van der Waals surface area contributed by atoms with E-state index in [0.717, 1.165) is 10.5 Å². The Morgan fingerprint density at radius 3 is 2.48 bits per heavy atom. The van der Waals surface area contributed by atoms with Gasteiger partial charge in [-0.05, 0) is 47.3 Å². The molecule has 3 aromatic rings. The first-order valence-corrected chi connectivity index (χ1v) is 9.19. The van der Waals surface area contributed by atoms with Crippen LogP contribution >= 0.6 is 11.9 Å². The monoisotopic (exact) mass is 351 g/mol. The minimum Gasteiger partial charge on any atom is -0.466 e. The lowest BCUT2D eigenvalue weighted by molar-refractivity contribution is -0.143. The number of carbonyl (C=O) groups is 1. The third kappa shape index (κ3) is 4.84. The number of hydrogen-bond acceptors (Lipinski definition) is 4. The van der Waals surface area contributed by atoms with E-state index in [1.807, 2.05) is 49.4 Å². The van der Waals surface area contributed by atoms with Crippen LogP contribution in [0.4, 0.5) is 0 Å². The van der Waals surface area contributed by atoms with E-state index in [2.05, 4.69) is 35.1 Å². The average Bonchev–Trinajstić information content (AvgIpc) is 2.66. The van der Waals surface area contributed by atoms with Crippen molar-refractivity contribution in [3.05, 3.63) is 78.4 Å². The number of ether oxygens (including phenoxy) is 1. The Bertz CT molecular complexity index is 835. The predicted octanol–water partition coefficient (Wildman–Crippen LogP) is 5.13. The van der Waals surface area contributed by atoms with Gasteiger partial charge < -0.3 is 4.74 Å². The quantitative estimate of drug-likeness (QED) is 0.473. The fourth-order valence-corrected chi connectivity index (χ4v) is 3.49. The summed E-state index contributed by atoms with van der Waals surface area (Å²) in [6.45, 7) is 2.23. The van der Waals surface area contributed by atoms with Crippen molar-refractivity contribution in [3.63, 3.8) is 0 Å². The van der Waals surface area contributed by atoms with Crippen molar-refractivity contribution in [1.82, 2.24) is 4.72 Å². The molecule has 3 aromatic carbocycles. The molecule has 1 atom stereocenters. The van der Waals surface area contributed by atoms with Crippen LogP contribution in [-0.4, -0.2) is 12.6 Å². The second kappa shape index (κ2) is 8.70. The summed E-state index contributed by atoms with van der Waals surface area (Å²) in [6, 6.07) is 24.5. The molecule has 0 spiro atoms. The molecule has 0 bridgehead atoms. The maximum atomic E-state index is 11.9. The molecule has 0 aliphatic rings. The summed E-state index contributed by atoms with van der Waals surface area (Å²) in [5.41, 5.74) is 1.07. The molecule has 1 N–H and O–H groups in total. The number of carbonyl (C=O) groups excluding carboxylic acids is 1. The summed E-state index contributed by atoms with van der Waals surface area (Å²) < 4.78 is 8.54. The molecule has 3 nitrogen and oxygen atoms in total. The summed E-state index contributed by atoms with van der Waals surface area (Å²) in [7, 11) is 0. The standard InChI is InChI=1S/C21H21NO2S/c1-2-24-21(23)15-20(17-9-4-3-5-10-17)22-25-19-13-12-16-8-6-7-11-18(16)14-19/h3-14,20,22H,2,15H2,1H3. The molecule has 0 saturated carbocycles. The fourth-order valence-electron chi connectivity index (χ4n) is 2.67. The molecule has 25 heavy (non-hydrogen) atoms. The van der Waals surface area contributed by atoms with Crippen LogP contribution in [0.3, 0.4) is 0 Å². The Balaban J connectivity index is 1.73. The first kappa shape index (κ1) is 17.5. The summed E-state index contributed by atoms with van der Waals surface area (Å²) in [5, 5.41) is 2.42. The Labute approximate surface area is 152 Å². The van der Waals surface area contributed by atoms with Crippen LogP contribution in [0.15, 0.2) is 77.7 Å². The van der Waals surface area contributed by atoms with Crippen LogP contribution in [-0.2, 0) is 9.53 Å². The van der Waals surface area contributed by atoms with Crippen LogP contribution in [0.1, 0.15) is 24.9 Å². The minimum atomic E-state index is -0.192. The molecule has 0 amide bonds. The van der Waals surface area contributed by atoms with Gasteiger partial charge >= 0.3 is 5.97 Å². The van der Waals surface area contributed by atoms with Crippen LogP contribution in [0, 0.1) is 0 Å². The second-order valence-corrected chi connectivity index (χ2v) is 6.61. The van der Waals surface area contributed by atoms with Crippen LogP contribution in [0.25, 0.3) is 10.8 Å². The van der Waals surface area contributed by atoms with Crippen molar-refractivity contribution in [2.24, 2.45) is 0 Å². The lowest BCUT2D eigenvalue weighted by Crippen LogP contribution is -2.19. The Kier molecular flexibility index (Phi) is 6.09. The maximum absolute atomic E-state index is 11.9. The van der Waals surface area contributed by atoms with Crippen molar-refractivity contribution in [3.8, 4) is 0 Å². The molecular formula is C21H21NO2S. The van der Waals surface area contributed by atoms with E-state index in [1.54, 1.807) is 11.9 Å². The maximum Gasteiger partial charge on any atom is 0.307 e. The zero-order valence-electron chi connectivity index (χ0n) is 14.1. The lowest BCUT2D eigenvalue weighted by atomic mass is 10.1. The molecule has 0 radical (unpaired) electrons. The summed E-state index contributed by atoms with van der Waals surface area (Å²) in [4.78, 5) is 13.1. The van der Waals surface area contributed by atoms with Gasteiger partial charge in [-0.1, -0.05) is 60.7 Å². The second-order valence-electron chi connectivity index (χ2n) is 5.70. The van der Waals surface area contributed by atoms with E-state index in [4.69, 9.17) is 4.74 Å². The topological polar surface area (TPSA) is 38.3 Å². The number of nitrogens with one attached hydrogen (secondary N) is 1. The highest BCUT2D eigenvalue weighted by molar-refractivity contribution is 7.97. The highest BCUT2D eigenvalue weighted by atomic mass is 32.2. The highest BCUT2D eigenvalue weighted by Crippen LogP contribution is 2.26. The molecule has 0 fully saturated rings. The normalized spacial score (nSPS) is 12.0. The average molecular weight is 351 g/mol. The highest BCUT2D eigenvalue weighted by Gasteiger charge is 2.17. The number of fused-ring (bicyclic) bond motifs is 1. The molecule has 4 heteroatoms. The molecule has 0 aromatic heterocycles. The SMILES string of the molecule is CCOC(=O)CC(NSc1ccc2ccccc2c1)c1ccccc1. The molecule has 0 saturated heterocycles. The molecule has 128 valence electrons. The van der Waals surface area contributed by atoms with E-state index in [0.29, 0.717) is 13.0 Å². The molecule has 0 aliphatic carbocycles. The van der Waals surface area contributed by atoms with Gasteiger partial charge in [-0.25, -0.2) is 0 Å². The lowest BCUT2D eigenvalue weighted by Gasteiger charge is -2.18. The Hall–Kier alpha value is -2.30. The molecule has 0 heterocycles. The molecular weight excluding hydrogens is 330 g/mol. The van der Waals surface area contributed by atoms with Crippen LogP contribution in [0.5, 0.6) is 0 Å². The zero-order chi connectivity index (χ0) is 17.5. The van der Waals surface area contributed by atoms with Gasteiger partial charge in [0.15, 0.2) is 0 Å². The number of esters is 1. The van der Waals surface area contributed by atoms with Gasteiger partial charge in [-0.2, -0.15) is 0 Å². The van der Waals surface area contributed by atoms with E-state index in [1.165, 1.54) is 10.8 Å². The van der Waals surface area contributed by atoms with Crippen LogP contribution in [0.2, 0.25) is 0 Å². The predicted molar refractivity (Wildman–Crippen MR) is 103 cm³/mol. The van der Waals surface area contributed by atoms with Crippen molar-refractivity contribution >= 4 is 28.7 Å². The zero-order valence-corrected chi connectivity index (χ0v) is 15.0. The van der Waals surface area contributed by atoms with E-state index in [9.17, 15) is 4.79 Å². The third-order valence-electron chi connectivity index (χ3n) is 3.92. The first-order chi connectivity index (χ1) is 12.3. The van der Waals surface area contributed by atoms with Crippen molar-refractivity contribution in [2.45, 2.75) is 24.3 Å². The smallest absolute Gasteiger partial charge is 0.307 e. The van der Waals surface area contributed by atoms with Gasteiger partial charge in [0.05, 0.1) is 19.1 Å². The van der Waals surface area contributed by atoms with E-state index in [-0.39, 0.29) is 12.0 Å². The fraction of sp³-hybridized carbons (Fsp3) is 0.190. The first-order valence-electron chi connectivity index (χ1n) is 8.38. The number of rotatable bonds is 7. The van der Waals surface area contributed by atoms with E-state index >= 15 is 0 Å². The van der Waals surface area contributed by atoms with E-state index < -0.39 is 0 Å². The largest absolute Gasteiger partial charge is 0.466 e. The van der Waals surface area contributed by atoms with Crippen molar-refractivity contribution in [2.75, 3.05) is 6.61 Å². The van der Waals surface area contributed by atoms with Gasteiger partial charge in [0, 0.05) is 4.90 Å².